The predicted molar refractivity (Wildman–Crippen MR) is 86.4 cm³/mol. The maximum Gasteiger partial charge on any atom is 0.332 e. The fourth-order valence-electron chi connectivity index (χ4n) is 2.58. The van der Waals surface area contributed by atoms with Crippen molar-refractivity contribution in [3.05, 3.63) is 62.2 Å². The Kier molecular flexibility index (Phi) is 3.69. The molecular formula is C16H16N4O3. The number of nitrogens with zero attached hydrogens (tertiary/aromatic N) is 3. The Morgan fingerprint density at radius 3 is 2.57 bits per heavy atom. The van der Waals surface area contributed by atoms with E-state index in [1.807, 2.05) is 6.92 Å². The number of ketones is 1. The predicted octanol–water partition coefficient (Wildman–Crippen LogP) is 1.00. The Hall–Kier alpha value is -2.96. The third kappa shape index (κ3) is 2.40. The summed E-state index contributed by atoms with van der Waals surface area (Å²) >= 11 is 0. The van der Waals surface area contributed by atoms with E-state index < -0.39 is 17.0 Å². The van der Waals surface area contributed by atoms with Gasteiger partial charge >= 0.3 is 5.69 Å². The first-order valence-electron chi connectivity index (χ1n) is 7.32. The molecule has 118 valence electrons. The molecule has 2 aromatic rings. The van der Waals surface area contributed by atoms with E-state index in [1.165, 1.54) is 11.6 Å². The van der Waals surface area contributed by atoms with E-state index >= 15 is 0 Å². The molecule has 0 atom stereocenters. The number of pyridine rings is 1. The molecule has 7 heteroatoms. The molecule has 3 heterocycles. The van der Waals surface area contributed by atoms with Crippen LogP contribution in [0.4, 0.5) is 5.82 Å². The number of hydrogen-bond donors (Lipinski definition) is 1. The summed E-state index contributed by atoms with van der Waals surface area (Å²) in [6.07, 6.45) is 5.59. The van der Waals surface area contributed by atoms with E-state index in [-0.39, 0.29) is 17.1 Å². The van der Waals surface area contributed by atoms with Gasteiger partial charge in [-0.3, -0.25) is 23.7 Å². The van der Waals surface area contributed by atoms with Crippen molar-refractivity contribution in [3.8, 4) is 0 Å². The molecule has 0 unspecified atom stereocenters. The van der Waals surface area contributed by atoms with Crippen molar-refractivity contribution in [1.29, 1.82) is 0 Å². The zero-order valence-corrected chi connectivity index (χ0v) is 12.9. The van der Waals surface area contributed by atoms with Crippen molar-refractivity contribution >= 4 is 17.7 Å². The summed E-state index contributed by atoms with van der Waals surface area (Å²) in [6, 6.07) is 3.50. The van der Waals surface area contributed by atoms with Crippen LogP contribution in [0.5, 0.6) is 0 Å². The van der Waals surface area contributed by atoms with Crippen LogP contribution in [0, 0.1) is 0 Å². The number of Topliss-reactive ketones (excluding diaryl/α,β-unsaturated/α-hetero) is 1. The molecule has 1 N–H and O–H groups in total. The van der Waals surface area contributed by atoms with Crippen LogP contribution in [-0.2, 0) is 13.6 Å². The first-order valence-corrected chi connectivity index (χ1v) is 7.32. The van der Waals surface area contributed by atoms with E-state index in [4.69, 9.17) is 0 Å². The van der Waals surface area contributed by atoms with Crippen molar-refractivity contribution in [2.75, 3.05) is 5.32 Å². The molecule has 3 rings (SSSR count). The highest BCUT2D eigenvalue weighted by Crippen LogP contribution is 2.25. The molecule has 0 amide bonds. The number of aromatic nitrogens is 3. The molecule has 0 spiro atoms. The lowest BCUT2D eigenvalue weighted by Gasteiger charge is -2.11. The first kappa shape index (κ1) is 15.0. The molecule has 0 bridgehead atoms. The number of rotatable bonds is 3. The van der Waals surface area contributed by atoms with Crippen molar-refractivity contribution in [2.45, 2.75) is 19.9 Å². The van der Waals surface area contributed by atoms with Gasteiger partial charge in [-0.05, 0) is 30.2 Å². The van der Waals surface area contributed by atoms with Gasteiger partial charge in [0, 0.05) is 26.0 Å². The second kappa shape index (κ2) is 5.68. The maximum absolute atomic E-state index is 12.6. The van der Waals surface area contributed by atoms with Gasteiger partial charge in [-0.25, -0.2) is 4.79 Å². The number of carbonyl (C=O) groups is 1. The molecule has 7 nitrogen and oxygen atoms in total. The number of nitrogens with one attached hydrogen (secondary N) is 1. The van der Waals surface area contributed by atoms with Crippen LogP contribution in [0.3, 0.4) is 0 Å². The largest absolute Gasteiger partial charge is 0.338 e. The minimum absolute atomic E-state index is 0.0147. The van der Waals surface area contributed by atoms with Crippen LogP contribution in [0.2, 0.25) is 0 Å². The first-order chi connectivity index (χ1) is 11.0. The van der Waals surface area contributed by atoms with Crippen molar-refractivity contribution < 1.29 is 4.79 Å². The highest BCUT2D eigenvalue weighted by Gasteiger charge is 2.32. The Morgan fingerprint density at radius 1 is 1.22 bits per heavy atom. The van der Waals surface area contributed by atoms with Crippen LogP contribution < -0.4 is 16.6 Å². The molecule has 2 aromatic heterocycles. The average molecular weight is 312 g/mol. The molecule has 0 saturated heterocycles. The third-order valence-electron chi connectivity index (χ3n) is 3.73. The zero-order valence-electron chi connectivity index (χ0n) is 12.9. The fourth-order valence-corrected chi connectivity index (χ4v) is 2.58. The Balaban J connectivity index is 2.18. The second-order valence-corrected chi connectivity index (χ2v) is 5.31. The summed E-state index contributed by atoms with van der Waals surface area (Å²) in [7, 11) is 1.38. The minimum atomic E-state index is -0.576. The van der Waals surface area contributed by atoms with Gasteiger partial charge in [-0.15, -0.1) is 0 Å². The summed E-state index contributed by atoms with van der Waals surface area (Å²) in [5.74, 6) is -0.118. The summed E-state index contributed by atoms with van der Waals surface area (Å²) < 4.78 is 2.41. The standard InChI is InChI=1S/C16H16N4O3/c1-3-8-20-14-12(15(22)19(2)16(20)23)13(21)11(18-14)9-10-4-6-17-7-5-10/h4-7,9,18H,3,8H2,1-2H3/b11-9-. The molecular weight excluding hydrogens is 296 g/mol. The average Bonchev–Trinajstić information content (AvgIpc) is 2.87. The SMILES string of the molecule is CCCn1c2c(c(=O)n(C)c1=O)C(=O)/C(=C/c1ccncc1)N2. The van der Waals surface area contributed by atoms with Crippen LogP contribution in [0.1, 0.15) is 29.3 Å². The topological polar surface area (TPSA) is 86.0 Å². The molecule has 0 aliphatic carbocycles. The highest BCUT2D eigenvalue weighted by atomic mass is 16.2. The van der Waals surface area contributed by atoms with Crippen LogP contribution in [0.15, 0.2) is 39.8 Å². The Labute approximate surface area is 131 Å². The number of fused-ring (bicyclic) bond motifs is 1. The quantitative estimate of drug-likeness (QED) is 0.855. The third-order valence-corrected chi connectivity index (χ3v) is 3.73. The maximum atomic E-state index is 12.6. The lowest BCUT2D eigenvalue weighted by molar-refractivity contribution is 0.104. The van der Waals surface area contributed by atoms with Crippen LogP contribution >= 0.6 is 0 Å². The minimum Gasteiger partial charge on any atom is -0.338 e. The monoisotopic (exact) mass is 312 g/mol. The summed E-state index contributed by atoms with van der Waals surface area (Å²) in [5.41, 5.74) is 0.0681. The van der Waals surface area contributed by atoms with Gasteiger partial charge in [0.05, 0.1) is 5.70 Å². The van der Waals surface area contributed by atoms with Gasteiger partial charge in [0.1, 0.15) is 11.4 Å². The molecule has 0 radical (unpaired) electrons. The van der Waals surface area contributed by atoms with E-state index in [2.05, 4.69) is 10.3 Å². The highest BCUT2D eigenvalue weighted by molar-refractivity contribution is 6.19. The van der Waals surface area contributed by atoms with Crippen LogP contribution in [0.25, 0.3) is 6.08 Å². The molecule has 0 saturated carbocycles. The molecule has 0 aromatic carbocycles. The molecule has 1 aliphatic heterocycles. The summed E-state index contributed by atoms with van der Waals surface area (Å²) in [6.45, 7) is 2.35. The van der Waals surface area contributed by atoms with E-state index in [0.29, 0.717) is 13.0 Å². The zero-order chi connectivity index (χ0) is 16.6. The van der Waals surface area contributed by atoms with Crippen molar-refractivity contribution in [2.24, 2.45) is 7.05 Å². The van der Waals surface area contributed by atoms with Gasteiger partial charge in [0.25, 0.3) is 5.56 Å². The fraction of sp³-hybridized carbons (Fsp3) is 0.250. The normalized spacial score (nSPS) is 14.9. The van der Waals surface area contributed by atoms with Gasteiger partial charge in [0.15, 0.2) is 0 Å². The van der Waals surface area contributed by atoms with Gasteiger partial charge < -0.3 is 5.32 Å². The number of carbonyl (C=O) groups excluding carboxylic acids is 1. The van der Waals surface area contributed by atoms with E-state index in [0.717, 1.165) is 10.1 Å². The summed E-state index contributed by atoms with van der Waals surface area (Å²) in [5, 5.41) is 2.94. The molecule has 1 aliphatic rings. The van der Waals surface area contributed by atoms with Gasteiger partial charge in [-0.2, -0.15) is 0 Å². The number of hydrogen-bond acceptors (Lipinski definition) is 5. The lowest BCUT2D eigenvalue weighted by Crippen LogP contribution is -2.40. The van der Waals surface area contributed by atoms with E-state index in [9.17, 15) is 14.4 Å². The second-order valence-electron chi connectivity index (χ2n) is 5.31. The summed E-state index contributed by atoms with van der Waals surface area (Å²) in [4.78, 5) is 41.0. The van der Waals surface area contributed by atoms with Crippen molar-refractivity contribution in [3.63, 3.8) is 0 Å². The van der Waals surface area contributed by atoms with Crippen molar-refractivity contribution in [1.82, 2.24) is 14.1 Å². The van der Waals surface area contributed by atoms with Gasteiger partial charge in [0.2, 0.25) is 5.78 Å². The smallest absolute Gasteiger partial charge is 0.332 e. The van der Waals surface area contributed by atoms with Crippen LogP contribution in [-0.4, -0.2) is 19.9 Å². The number of anilines is 1. The molecule has 0 fully saturated rings. The van der Waals surface area contributed by atoms with Gasteiger partial charge in [-0.1, -0.05) is 6.92 Å². The lowest BCUT2D eigenvalue weighted by atomic mass is 10.1. The molecule has 23 heavy (non-hydrogen) atoms. The Bertz CT molecular complexity index is 923. The van der Waals surface area contributed by atoms with E-state index in [1.54, 1.807) is 30.6 Å². The number of allylic oxidation sites excluding steroid dienone is 1. The Morgan fingerprint density at radius 2 is 1.91 bits per heavy atom.